The van der Waals surface area contributed by atoms with Crippen LogP contribution in [0.5, 0.6) is 5.75 Å². The molecule has 0 bridgehead atoms. The van der Waals surface area contributed by atoms with E-state index in [4.69, 9.17) is 9.94 Å². The highest BCUT2D eigenvalue weighted by atomic mass is 16.5. The molecule has 0 spiro atoms. The third-order valence-corrected chi connectivity index (χ3v) is 8.91. The summed E-state index contributed by atoms with van der Waals surface area (Å²) in [4.78, 5) is 87.3. The van der Waals surface area contributed by atoms with Gasteiger partial charge in [0.05, 0.1) is 17.7 Å². The molecule has 15 heteroatoms. The lowest BCUT2D eigenvalue weighted by atomic mass is 10.0. The predicted molar refractivity (Wildman–Crippen MR) is 191 cm³/mol. The van der Waals surface area contributed by atoms with Gasteiger partial charge in [0.25, 0.3) is 23.6 Å². The van der Waals surface area contributed by atoms with Gasteiger partial charge in [0.1, 0.15) is 11.8 Å². The van der Waals surface area contributed by atoms with Crippen molar-refractivity contribution in [2.75, 3.05) is 31.6 Å². The summed E-state index contributed by atoms with van der Waals surface area (Å²) in [6.45, 7) is 1.58. The predicted octanol–water partition coefficient (Wildman–Crippen LogP) is 2.74. The van der Waals surface area contributed by atoms with Crippen LogP contribution in [0.4, 0.5) is 5.69 Å². The molecule has 7 amide bonds. The van der Waals surface area contributed by atoms with Crippen LogP contribution in [-0.2, 0) is 20.8 Å². The second kappa shape index (κ2) is 18.4. The van der Waals surface area contributed by atoms with Crippen LogP contribution in [0.25, 0.3) is 0 Å². The van der Waals surface area contributed by atoms with Crippen molar-refractivity contribution in [1.29, 1.82) is 0 Å². The Morgan fingerprint density at radius 2 is 1.55 bits per heavy atom. The number of carbonyl (C=O) groups is 7. The summed E-state index contributed by atoms with van der Waals surface area (Å²) in [5, 5.41) is 19.8. The number of fused-ring (bicyclic) bond motifs is 1. The van der Waals surface area contributed by atoms with E-state index in [1.807, 2.05) is 24.3 Å². The normalized spacial score (nSPS) is 15.0. The molecule has 53 heavy (non-hydrogen) atoms. The Bertz CT molecular complexity index is 1860. The molecule has 1 atom stereocenters. The molecule has 6 N–H and O–H groups in total. The highest BCUT2D eigenvalue weighted by Crippen LogP contribution is 2.32. The number of hydrogen-bond acceptors (Lipinski definition) is 10. The number of amides is 7. The maximum absolute atomic E-state index is 13.2. The van der Waals surface area contributed by atoms with E-state index in [1.54, 1.807) is 29.7 Å². The van der Waals surface area contributed by atoms with Gasteiger partial charge in [-0.2, -0.15) is 0 Å². The van der Waals surface area contributed by atoms with Crippen molar-refractivity contribution in [3.63, 3.8) is 0 Å². The molecule has 1 fully saturated rings. The minimum atomic E-state index is -1.04. The lowest BCUT2D eigenvalue weighted by Gasteiger charge is -2.27. The summed E-state index contributed by atoms with van der Waals surface area (Å²) in [6, 6.07) is 17.5. The number of carbonyl (C=O) groups excluding carboxylic acids is 7. The first-order valence-corrected chi connectivity index (χ1v) is 17.6. The van der Waals surface area contributed by atoms with Crippen LogP contribution >= 0.6 is 0 Å². The van der Waals surface area contributed by atoms with E-state index in [2.05, 4.69) is 21.3 Å². The minimum absolute atomic E-state index is 0.0453. The van der Waals surface area contributed by atoms with Crippen molar-refractivity contribution in [2.24, 2.45) is 0 Å². The Kier molecular flexibility index (Phi) is 13.3. The van der Waals surface area contributed by atoms with Crippen molar-refractivity contribution in [3.05, 3.63) is 94.5 Å². The Morgan fingerprint density at radius 3 is 2.30 bits per heavy atom. The second-order valence-electron chi connectivity index (χ2n) is 12.6. The van der Waals surface area contributed by atoms with E-state index in [9.17, 15) is 33.6 Å². The average molecular weight is 727 g/mol. The van der Waals surface area contributed by atoms with Gasteiger partial charge in [0, 0.05) is 49.3 Å². The van der Waals surface area contributed by atoms with E-state index in [0.717, 1.165) is 41.9 Å². The number of anilines is 1. The van der Waals surface area contributed by atoms with E-state index in [0.29, 0.717) is 50.3 Å². The first kappa shape index (κ1) is 38.1. The van der Waals surface area contributed by atoms with Gasteiger partial charge in [-0.1, -0.05) is 37.1 Å². The summed E-state index contributed by atoms with van der Waals surface area (Å²) >= 11 is 0. The fraction of sp³-hybridized carbons (Fsp3) is 0.342. The minimum Gasteiger partial charge on any atom is -0.494 e. The van der Waals surface area contributed by atoms with Crippen LogP contribution in [0.15, 0.2) is 66.7 Å². The van der Waals surface area contributed by atoms with Gasteiger partial charge in [-0.05, 0) is 73.7 Å². The van der Waals surface area contributed by atoms with Crippen LogP contribution in [0.2, 0.25) is 0 Å². The van der Waals surface area contributed by atoms with Crippen LogP contribution in [0.3, 0.4) is 0 Å². The van der Waals surface area contributed by atoms with Crippen molar-refractivity contribution < 1.29 is 43.5 Å². The number of benzene rings is 3. The van der Waals surface area contributed by atoms with Crippen molar-refractivity contribution in [3.8, 4) is 5.75 Å². The van der Waals surface area contributed by atoms with Gasteiger partial charge in [0.15, 0.2) is 0 Å². The number of unbranched alkanes of at least 4 members (excludes halogenated alkanes) is 3. The Labute approximate surface area is 305 Å². The number of ether oxygens (including phenoxy) is 1. The summed E-state index contributed by atoms with van der Waals surface area (Å²) in [7, 11) is 0. The molecule has 2 heterocycles. The van der Waals surface area contributed by atoms with E-state index in [-0.39, 0.29) is 41.3 Å². The van der Waals surface area contributed by atoms with Gasteiger partial charge < -0.3 is 20.7 Å². The summed E-state index contributed by atoms with van der Waals surface area (Å²) in [6.07, 6.45) is 4.46. The monoisotopic (exact) mass is 726 g/mol. The van der Waals surface area contributed by atoms with E-state index < -0.39 is 35.6 Å². The van der Waals surface area contributed by atoms with Gasteiger partial charge in [-0.25, -0.2) is 5.48 Å². The molecular formula is C38H42N6O9. The SMILES string of the molecule is O=C(CCCCCCOc1ccc(CCNC(=O)c2cccc(C(=O)NO)c2)cc1)NCCNc1cccc2c1C(=O)N(C1CCC(=O)NC1=O)C2=O. The van der Waals surface area contributed by atoms with Gasteiger partial charge in [-0.3, -0.25) is 49.0 Å². The quantitative estimate of drug-likeness (QED) is 0.0488. The van der Waals surface area contributed by atoms with Crippen molar-refractivity contribution in [1.82, 2.24) is 26.3 Å². The van der Waals surface area contributed by atoms with E-state index >= 15 is 0 Å². The number of hydrogen-bond donors (Lipinski definition) is 6. The maximum atomic E-state index is 13.2. The number of nitrogens with one attached hydrogen (secondary N) is 5. The zero-order chi connectivity index (χ0) is 37.7. The zero-order valence-corrected chi connectivity index (χ0v) is 29.1. The third-order valence-electron chi connectivity index (χ3n) is 8.91. The second-order valence-corrected chi connectivity index (χ2v) is 12.6. The summed E-state index contributed by atoms with van der Waals surface area (Å²) in [5.41, 5.74) is 3.86. The molecule has 0 saturated carbocycles. The molecular weight excluding hydrogens is 684 g/mol. The molecule has 1 saturated heterocycles. The molecule has 5 rings (SSSR count). The summed E-state index contributed by atoms with van der Waals surface area (Å²) in [5.74, 6) is -2.62. The number of hydroxylamine groups is 1. The molecule has 0 aromatic heterocycles. The Balaban J connectivity index is 0.912. The first-order chi connectivity index (χ1) is 25.7. The fourth-order valence-corrected chi connectivity index (χ4v) is 6.12. The van der Waals surface area contributed by atoms with Gasteiger partial charge in [0.2, 0.25) is 17.7 Å². The molecule has 3 aromatic rings. The van der Waals surface area contributed by atoms with Crippen LogP contribution in [-0.4, -0.2) is 83.7 Å². The molecule has 2 aliphatic rings. The molecule has 15 nitrogen and oxygen atoms in total. The van der Waals surface area contributed by atoms with E-state index in [1.165, 1.54) is 18.2 Å². The third kappa shape index (κ3) is 10.0. The highest BCUT2D eigenvalue weighted by molar-refractivity contribution is 6.25. The molecule has 1 unspecified atom stereocenters. The Hall–Kier alpha value is -6.09. The zero-order valence-electron chi connectivity index (χ0n) is 29.1. The molecule has 0 aliphatic carbocycles. The number of piperidine rings is 1. The number of rotatable bonds is 18. The molecule has 3 aromatic carbocycles. The molecule has 278 valence electrons. The molecule has 2 aliphatic heterocycles. The van der Waals surface area contributed by atoms with Gasteiger partial charge >= 0.3 is 0 Å². The van der Waals surface area contributed by atoms with Crippen molar-refractivity contribution in [2.45, 2.75) is 57.4 Å². The average Bonchev–Trinajstić information content (AvgIpc) is 3.42. The van der Waals surface area contributed by atoms with Crippen LogP contribution < -0.4 is 31.5 Å². The highest BCUT2D eigenvalue weighted by Gasteiger charge is 2.45. The lowest BCUT2D eigenvalue weighted by molar-refractivity contribution is -0.136. The largest absolute Gasteiger partial charge is 0.494 e. The fourth-order valence-electron chi connectivity index (χ4n) is 6.12. The van der Waals surface area contributed by atoms with Gasteiger partial charge in [-0.15, -0.1) is 0 Å². The smallest absolute Gasteiger partial charge is 0.274 e. The molecule has 0 radical (unpaired) electrons. The maximum Gasteiger partial charge on any atom is 0.274 e. The summed E-state index contributed by atoms with van der Waals surface area (Å²) < 4.78 is 5.84. The standard InChI is InChI=1S/C38H42N6O9/c45-31(40-21-20-39-29-10-6-9-28-33(29)38(51)44(37(28)50)30-16-17-32(46)42-36(30)49)11-3-1-2-4-22-53-27-14-12-24(13-15-27)18-19-41-34(47)25-7-5-8-26(23-25)35(48)43-52/h5-10,12-15,23,30,39,52H,1-4,11,16-22H2,(H,40,45)(H,41,47)(H,43,48)(H,42,46,49). The topological polar surface area (TPSA) is 212 Å². The number of nitrogens with zero attached hydrogens (tertiary/aromatic N) is 1. The van der Waals surface area contributed by atoms with Crippen LogP contribution in [0, 0.1) is 0 Å². The lowest BCUT2D eigenvalue weighted by Crippen LogP contribution is -2.54. The first-order valence-electron chi connectivity index (χ1n) is 17.6. The Morgan fingerprint density at radius 1 is 0.811 bits per heavy atom. The van der Waals surface area contributed by atoms with Crippen molar-refractivity contribution >= 4 is 47.0 Å². The van der Waals surface area contributed by atoms with Crippen LogP contribution in [0.1, 0.15) is 91.9 Å². The number of imide groups is 2.